The second kappa shape index (κ2) is 5.18. The number of hydrogen-bond donors (Lipinski definition) is 1. The van der Waals surface area contributed by atoms with Gasteiger partial charge in [-0.1, -0.05) is 29.8 Å². The first kappa shape index (κ1) is 12.6. The Morgan fingerprint density at radius 2 is 2.06 bits per heavy atom. The van der Waals surface area contributed by atoms with Crippen LogP contribution in [0.2, 0.25) is 0 Å². The van der Waals surface area contributed by atoms with Crippen LogP contribution < -0.4 is 5.73 Å². The molecule has 2 aromatic rings. The molecule has 0 radical (unpaired) electrons. The van der Waals surface area contributed by atoms with E-state index >= 15 is 0 Å². The number of nitrogen functional groups attached to an aromatic ring is 1. The molecule has 2 N–H and O–H groups in total. The first-order valence-electron chi connectivity index (χ1n) is 5.58. The molecule has 1 aromatic heterocycles. The van der Waals surface area contributed by atoms with Gasteiger partial charge in [0.05, 0.1) is 0 Å². The molecule has 4 nitrogen and oxygen atoms in total. The van der Waals surface area contributed by atoms with Crippen LogP contribution >= 0.6 is 11.3 Å². The Morgan fingerprint density at radius 1 is 1.39 bits per heavy atom. The third kappa shape index (κ3) is 2.87. The number of aryl methyl sites for hydroxylation is 1. The summed E-state index contributed by atoms with van der Waals surface area (Å²) in [7, 11) is 1.76. The van der Waals surface area contributed by atoms with Gasteiger partial charge in [0.1, 0.15) is 5.69 Å². The zero-order chi connectivity index (χ0) is 13.1. The zero-order valence-corrected chi connectivity index (χ0v) is 11.2. The van der Waals surface area contributed by atoms with Gasteiger partial charge in [-0.25, -0.2) is 4.98 Å². The van der Waals surface area contributed by atoms with Gasteiger partial charge in [0.25, 0.3) is 5.91 Å². The maximum absolute atomic E-state index is 12.0. The zero-order valence-electron chi connectivity index (χ0n) is 10.4. The Labute approximate surface area is 110 Å². The first-order valence-corrected chi connectivity index (χ1v) is 6.46. The first-order chi connectivity index (χ1) is 8.56. The molecular weight excluding hydrogens is 246 g/mol. The van der Waals surface area contributed by atoms with E-state index < -0.39 is 0 Å². The summed E-state index contributed by atoms with van der Waals surface area (Å²) >= 11 is 1.28. The highest BCUT2D eigenvalue weighted by molar-refractivity contribution is 7.13. The molecule has 0 aliphatic rings. The van der Waals surface area contributed by atoms with E-state index in [4.69, 9.17) is 5.73 Å². The van der Waals surface area contributed by atoms with Crippen LogP contribution in [0.4, 0.5) is 5.13 Å². The fraction of sp³-hybridized carbons (Fsp3) is 0.231. The SMILES string of the molecule is Cc1ccc(CN(C)C(=O)c2csc(N)n2)cc1. The lowest BCUT2D eigenvalue weighted by Crippen LogP contribution is -2.26. The molecule has 5 heteroatoms. The lowest BCUT2D eigenvalue weighted by molar-refractivity contribution is 0.0780. The Morgan fingerprint density at radius 3 is 2.61 bits per heavy atom. The number of carbonyl (C=O) groups excluding carboxylic acids is 1. The molecule has 0 spiro atoms. The largest absolute Gasteiger partial charge is 0.375 e. The number of hydrogen-bond acceptors (Lipinski definition) is 4. The van der Waals surface area contributed by atoms with Crippen molar-refractivity contribution in [1.82, 2.24) is 9.88 Å². The number of nitrogens with zero attached hydrogens (tertiary/aromatic N) is 2. The van der Waals surface area contributed by atoms with Crippen LogP contribution in [0.5, 0.6) is 0 Å². The highest BCUT2D eigenvalue weighted by Gasteiger charge is 2.14. The van der Waals surface area contributed by atoms with Crippen molar-refractivity contribution in [1.29, 1.82) is 0 Å². The summed E-state index contributed by atoms with van der Waals surface area (Å²) in [5, 5.41) is 2.10. The average molecular weight is 261 g/mol. The summed E-state index contributed by atoms with van der Waals surface area (Å²) < 4.78 is 0. The van der Waals surface area contributed by atoms with Crippen molar-refractivity contribution in [3.63, 3.8) is 0 Å². The molecule has 0 aliphatic carbocycles. The van der Waals surface area contributed by atoms with E-state index in [1.54, 1.807) is 17.3 Å². The number of amides is 1. The van der Waals surface area contributed by atoms with Crippen LogP contribution in [0.3, 0.4) is 0 Å². The van der Waals surface area contributed by atoms with E-state index in [0.29, 0.717) is 17.4 Å². The van der Waals surface area contributed by atoms with Gasteiger partial charge in [-0.15, -0.1) is 11.3 Å². The molecule has 0 aliphatic heterocycles. The van der Waals surface area contributed by atoms with Crippen molar-refractivity contribution >= 4 is 22.4 Å². The lowest BCUT2D eigenvalue weighted by Gasteiger charge is -2.16. The second-order valence-electron chi connectivity index (χ2n) is 4.22. The molecule has 0 saturated carbocycles. The molecule has 18 heavy (non-hydrogen) atoms. The normalized spacial score (nSPS) is 10.3. The number of nitrogens with two attached hydrogens (primary N) is 1. The summed E-state index contributed by atoms with van der Waals surface area (Å²) in [5.74, 6) is -0.108. The molecular formula is C13H15N3OS. The van der Waals surface area contributed by atoms with Gasteiger partial charge in [0.2, 0.25) is 0 Å². The van der Waals surface area contributed by atoms with E-state index in [0.717, 1.165) is 5.56 Å². The van der Waals surface area contributed by atoms with Crippen molar-refractivity contribution in [2.45, 2.75) is 13.5 Å². The Balaban J connectivity index is 2.05. The van der Waals surface area contributed by atoms with Gasteiger partial charge in [-0.3, -0.25) is 4.79 Å². The predicted octanol–water partition coefficient (Wildman–Crippen LogP) is 2.31. The molecule has 2 rings (SSSR count). The summed E-state index contributed by atoms with van der Waals surface area (Å²) in [4.78, 5) is 17.7. The summed E-state index contributed by atoms with van der Waals surface area (Å²) in [6, 6.07) is 8.12. The summed E-state index contributed by atoms with van der Waals surface area (Å²) in [6.45, 7) is 2.60. The van der Waals surface area contributed by atoms with Gasteiger partial charge >= 0.3 is 0 Å². The topological polar surface area (TPSA) is 59.2 Å². The molecule has 0 fully saturated rings. The van der Waals surface area contributed by atoms with Crippen LogP contribution in [0, 0.1) is 6.92 Å². The Kier molecular flexibility index (Phi) is 3.62. The molecule has 0 saturated heterocycles. The van der Waals surface area contributed by atoms with Gasteiger partial charge in [-0.05, 0) is 12.5 Å². The highest BCUT2D eigenvalue weighted by Crippen LogP contribution is 2.14. The molecule has 1 aromatic carbocycles. The number of aromatic nitrogens is 1. The molecule has 1 amide bonds. The maximum Gasteiger partial charge on any atom is 0.273 e. The second-order valence-corrected chi connectivity index (χ2v) is 5.11. The van der Waals surface area contributed by atoms with Crippen LogP contribution in [0.1, 0.15) is 21.6 Å². The summed E-state index contributed by atoms with van der Waals surface area (Å²) in [6.07, 6.45) is 0. The molecule has 1 heterocycles. The summed E-state index contributed by atoms with van der Waals surface area (Å²) in [5.41, 5.74) is 8.24. The number of carbonyl (C=O) groups is 1. The fourth-order valence-corrected chi connectivity index (χ4v) is 2.16. The van der Waals surface area contributed by atoms with E-state index in [-0.39, 0.29) is 5.91 Å². The van der Waals surface area contributed by atoms with Crippen LogP contribution in [-0.4, -0.2) is 22.8 Å². The van der Waals surface area contributed by atoms with Gasteiger partial charge in [0.15, 0.2) is 5.13 Å². The van der Waals surface area contributed by atoms with Gasteiger partial charge < -0.3 is 10.6 Å². The fourth-order valence-electron chi connectivity index (χ4n) is 1.62. The minimum atomic E-state index is -0.108. The Hall–Kier alpha value is -1.88. The van der Waals surface area contributed by atoms with E-state index in [1.165, 1.54) is 16.9 Å². The number of benzene rings is 1. The van der Waals surface area contributed by atoms with E-state index in [9.17, 15) is 4.79 Å². The Bertz CT molecular complexity index is 548. The molecule has 0 atom stereocenters. The molecule has 0 bridgehead atoms. The monoisotopic (exact) mass is 261 g/mol. The predicted molar refractivity (Wildman–Crippen MR) is 73.5 cm³/mol. The lowest BCUT2D eigenvalue weighted by atomic mass is 10.1. The van der Waals surface area contributed by atoms with Crippen molar-refractivity contribution in [2.75, 3.05) is 12.8 Å². The van der Waals surface area contributed by atoms with E-state index in [1.807, 2.05) is 31.2 Å². The van der Waals surface area contributed by atoms with Crippen molar-refractivity contribution in [2.24, 2.45) is 0 Å². The minimum Gasteiger partial charge on any atom is -0.375 e. The van der Waals surface area contributed by atoms with Crippen molar-refractivity contribution < 1.29 is 4.79 Å². The van der Waals surface area contributed by atoms with E-state index in [2.05, 4.69) is 4.98 Å². The highest BCUT2D eigenvalue weighted by atomic mass is 32.1. The quantitative estimate of drug-likeness (QED) is 0.922. The third-order valence-corrected chi connectivity index (χ3v) is 3.30. The minimum absolute atomic E-state index is 0.108. The molecule has 94 valence electrons. The van der Waals surface area contributed by atoms with Crippen LogP contribution in [0.25, 0.3) is 0 Å². The van der Waals surface area contributed by atoms with Crippen molar-refractivity contribution in [3.8, 4) is 0 Å². The average Bonchev–Trinajstić information content (AvgIpc) is 2.78. The van der Waals surface area contributed by atoms with Crippen LogP contribution in [0.15, 0.2) is 29.6 Å². The number of anilines is 1. The number of rotatable bonds is 3. The standard InChI is InChI=1S/C13H15N3OS/c1-9-3-5-10(6-4-9)7-16(2)12(17)11-8-18-13(14)15-11/h3-6,8H,7H2,1-2H3,(H2,14,15). The smallest absolute Gasteiger partial charge is 0.273 e. The maximum atomic E-state index is 12.0. The van der Waals surface area contributed by atoms with Crippen LogP contribution in [-0.2, 0) is 6.54 Å². The van der Waals surface area contributed by atoms with Crippen molar-refractivity contribution in [3.05, 3.63) is 46.5 Å². The van der Waals surface area contributed by atoms with Gasteiger partial charge in [0, 0.05) is 19.0 Å². The molecule has 0 unspecified atom stereocenters. The number of thiazole rings is 1. The van der Waals surface area contributed by atoms with Gasteiger partial charge in [-0.2, -0.15) is 0 Å². The third-order valence-electron chi connectivity index (χ3n) is 2.63.